The molecule has 0 aliphatic carbocycles. The summed E-state index contributed by atoms with van der Waals surface area (Å²) >= 11 is 1.34. The van der Waals surface area contributed by atoms with Crippen molar-refractivity contribution >= 4 is 29.4 Å². The van der Waals surface area contributed by atoms with E-state index in [2.05, 4.69) is 5.32 Å². The fourth-order valence-corrected chi connectivity index (χ4v) is 6.41. The monoisotopic (exact) mass is 580 g/mol. The summed E-state index contributed by atoms with van der Waals surface area (Å²) in [5, 5.41) is 7.41. The first-order chi connectivity index (χ1) is 20.4. The van der Waals surface area contributed by atoms with Gasteiger partial charge < -0.3 is 9.73 Å². The Morgan fingerprint density at radius 2 is 1.81 bits per heavy atom. The Morgan fingerprint density at radius 1 is 1.02 bits per heavy atom. The summed E-state index contributed by atoms with van der Waals surface area (Å²) < 4.78 is 22.5. The van der Waals surface area contributed by atoms with Crippen molar-refractivity contribution < 1.29 is 18.4 Å². The Kier molecular flexibility index (Phi) is 7.67. The Hall–Kier alpha value is -4.63. The minimum absolute atomic E-state index is 0.0557. The maximum absolute atomic E-state index is 15.4. The first kappa shape index (κ1) is 27.5. The molecule has 6 rings (SSSR count). The molecule has 42 heavy (non-hydrogen) atoms. The lowest BCUT2D eigenvalue weighted by atomic mass is 9.99. The number of halogens is 1. The van der Waals surface area contributed by atoms with Crippen LogP contribution in [0.25, 0.3) is 16.9 Å². The van der Waals surface area contributed by atoms with Gasteiger partial charge in [-0.05, 0) is 49.2 Å². The summed E-state index contributed by atoms with van der Waals surface area (Å²) in [5.41, 5.74) is 5.41. The van der Waals surface area contributed by atoms with Crippen molar-refractivity contribution in [2.24, 2.45) is 0 Å². The minimum atomic E-state index is -0.546. The van der Waals surface area contributed by atoms with Crippen molar-refractivity contribution in [1.82, 2.24) is 15.1 Å². The van der Waals surface area contributed by atoms with Gasteiger partial charge in [-0.2, -0.15) is 5.10 Å². The number of hydrogen-bond donors (Lipinski definition) is 1. The maximum atomic E-state index is 15.4. The number of thioether (sulfide) groups is 1. The number of carbonyl (C=O) groups excluding carboxylic acids is 2. The molecule has 1 unspecified atom stereocenters. The fourth-order valence-electron chi connectivity index (χ4n) is 5.19. The number of carbonyl (C=O) groups is 2. The highest BCUT2D eigenvalue weighted by molar-refractivity contribution is 8.00. The lowest BCUT2D eigenvalue weighted by molar-refractivity contribution is -0.123. The third kappa shape index (κ3) is 5.23. The molecule has 0 spiro atoms. The minimum Gasteiger partial charge on any atom is -0.467 e. The fraction of sp³-hybridized carbons (Fsp3) is 0.182. The van der Waals surface area contributed by atoms with E-state index < -0.39 is 5.25 Å². The lowest BCUT2D eigenvalue weighted by Gasteiger charge is -2.24. The molecule has 2 amide bonds. The molecule has 1 N–H and O–H groups in total. The summed E-state index contributed by atoms with van der Waals surface area (Å²) in [4.78, 5) is 28.6. The number of amides is 2. The van der Waals surface area contributed by atoms with Crippen LogP contribution in [-0.4, -0.2) is 33.9 Å². The van der Waals surface area contributed by atoms with Crippen LogP contribution in [0, 0.1) is 19.7 Å². The highest BCUT2D eigenvalue weighted by atomic mass is 32.2. The first-order valence-electron chi connectivity index (χ1n) is 13.6. The van der Waals surface area contributed by atoms with Crippen LogP contribution in [0.15, 0.2) is 95.6 Å². The second-order valence-electron chi connectivity index (χ2n) is 10.1. The lowest BCUT2D eigenvalue weighted by Crippen LogP contribution is -2.42. The molecule has 0 bridgehead atoms. The average Bonchev–Trinajstić information content (AvgIpc) is 3.63. The molecule has 212 valence electrons. The second kappa shape index (κ2) is 11.7. The molecule has 0 fully saturated rings. The van der Waals surface area contributed by atoms with E-state index in [4.69, 9.17) is 9.52 Å². The van der Waals surface area contributed by atoms with Crippen LogP contribution < -0.4 is 10.2 Å². The van der Waals surface area contributed by atoms with Gasteiger partial charge in [-0.25, -0.2) is 9.07 Å². The molecule has 9 heteroatoms. The van der Waals surface area contributed by atoms with Crippen molar-refractivity contribution in [2.45, 2.75) is 25.6 Å². The zero-order valence-corrected chi connectivity index (χ0v) is 24.0. The smallest absolute Gasteiger partial charge is 0.240 e. The summed E-state index contributed by atoms with van der Waals surface area (Å²) in [7, 11) is 0. The Labute approximate surface area is 247 Å². The molecule has 1 aliphatic heterocycles. The van der Waals surface area contributed by atoms with Crippen LogP contribution in [0.1, 0.15) is 33.3 Å². The molecule has 2 aromatic heterocycles. The molecule has 1 atom stereocenters. The Morgan fingerprint density at radius 3 is 2.57 bits per heavy atom. The van der Waals surface area contributed by atoms with Crippen LogP contribution in [0.3, 0.4) is 0 Å². The number of aryl methyl sites for hydroxylation is 1. The van der Waals surface area contributed by atoms with Crippen molar-refractivity contribution in [1.29, 1.82) is 0 Å². The van der Waals surface area contributed by atoms with Crippen molar-refractivity contribution in [3.63, 3.8) is 0 Å². The van der Waals surface area contributed by atoms with Gasteiger partial charge in [0.05, 0.1) is 35.2 Å². The summed E-state index contributed by atoms with van der Waals surface area (Å²) in [6.07, 6.45) is 1.54. The van der Waals surface area contributed by atoms with Crippen molar-refractivity contribution in [2.75, 3.05) is 17.2 Å². The SMILES string of the molecule is Cc1cccc(-n2nc(-c3ccccc3)c3c2N(CC(=O)NCc2ccco2)C(=O)CSC3c2ccccc2F)c1C. The van der Waals surface area contributed by atoms with E-state index in [1.54, 1.807) is 41.3 Å². The predicted octanol–water partition coefficient (Wildman–Crippen LogP) is 6.37. The van der Waals surface area contributed by atoms with Gasteiger partial charge in [0.25, 0.3) is 0 Å². The zero-order chi connectivity index (χ0) is 29.2. The molecular formula is C33H29FN4O3S. The molecule has 3 aromatic carbocycles. The quantitative estimate of drug-likeness (QED) is 0.242. The van der Waals surface area contributed by atoms with Crippen LogP contribution in [0.4, 0.5) is 10.2 Å². The van der Waals surface area contributed by atoms with Gasteiger partial charge in [0, 0.05) is 16.7 Å². The molecule has 0 saturated heterocycles. The standard InChI is InChI=1S/C33H29FN4O3S/c1-21-10-8-16-27(22(21)2)38-33-30(31(36-38)23-11-4-3-5-12-23)32(25-14-6-7-15-26(25)34)42-20-29(40)37(33)19-28(39)35-18-24-13-9-17-41-24/h3-17,32H,18-20H2,1-2H3,(H,35,39). The van der Waals surface area contributed by atoms with Crippen LogP contribution in [0.2, 0.25) is 0 Å². The van der Waals surface area contributed by atoms with Crippen LogP contribution >= 0.6 is 11.8 Å². The predicted molar refractivity (Wildman–Crippen MR) is 162 cm³/mol. The number of fused-ring (bicyclic) bond motifs is 1. The molecule has 3 heterocycles. The number of rotatable bonds is 7. The van der Waals surface area contributed by atoms with Crippen molar-refractivity contribution in [3.05, 3.63) is 125 Å². The number of nitrogens with zero attached hydrogens (tertiary/aromatic N) is 3. The number of furan rings is 1. The van der Waals surface area contributed by atoms with Crippen LogP contribution in [0.5, 0.6) is 0 Å². The normalized spacial score (nSPS) is 14.9. The van der Waals surface area contributed by atoms with Gasteiger partial charge >= 0.3 is 0 Å². The van der Waals surface area contributed by atoms with Gasteiger partial charge in [-0.3, -0.25) is 14.5 Å². The molecule has 5 aromatic rings. The molecule has 7 nitrogen and oxygen atoms in total. The molecule has 1 aliphatic rings. The van der Waals surface area contributed by atoms with Gasteiger partial charge in [-0.1, -0.05) is 60.7 Å². The number of anilines is 1. The van der Waals surface area contributed by atoms with E-state index in [9.17, 15) is 9.59 Å². The first-order valence-corrected chi connectivity index (χ1v) is 14.7. The van der Waals surface area contributed by atoms with E-state index >= 15 is 4.39 Å². The topological polar surface area (TPSA) is 80.4 Å². The molecule has 0 radical (unpaired) electrons. The number of benzene rings is 3. The van der Waals surface area contributed by atoms with E-state index in [0.717, 1.165) is 22.4 Å². The van der Waals surface area contributed by atoms with E-state index in [0.29, 0.717) is 28.4 Å². The average molecular weight is 581 g/mol. The summed E-state index contributed by atoms with van der Waals surface area (Å²) in [6, 6.07) is 25.7. The number of nitrogens with one attached hydrogen (secondary N) is 1. The molecule has 0 saturated carbocycles. The van der Waals surface area contributed by atoms with E-state index in [1.807, 2.05) is 62.4 Å². The van der Waals surface area contributed by atoms with Gasteiger partial charge in [-0.15, -0.1) is 11.8 Å². The van der Waals surface area contributed by atoms with E-state index in [1.165, 1.54) is 22.7 Å². The second-order valence-corrected chi connectivity index (χ2v) is 11.2. The van der Waals surface area contributed by atoms with Gasteiger partial charge in [0.1, 0.15) is 23.9 Å². The highest BCUT2D eigenvalue weighted by Gasteiger charge is 2.38. The highest BCUT2D eigenvalue weighted by Crippen LogP contribution is 2.49. The third-order valence-corrected chi connectivity index (χ3v) is 8.71. The van der Waals surface area contributed by atoms with Crippen LogP contribution in [-0.2, 0) is 16.1 Å². The van der Waals surface area contributed by atoms with Gasteiger partial charge in [0.15, 0.2) is 0 Å². The largest absolute Gasteiger partial charge is 0.467 e. The summed E-state index contributed by atoms with van der Waals surface area (Å²) in [6.45, 7) is 3.98. The third-order valence-electron chi connectivity index (χ3n) is 7.47. The molecular weight excluding hydrogens is 551 g/mol. The zero-order valence-electron chi connectivity index (χ0n) is 23.2. The Bertz CT molecular complexity index is 1750. The van der Waals surface area contributed by atoms with E-state index in [-0.39, 0.29) is 36.5 Å². The number of aromatic nitrogens is 2. The van der Waals surface area contributed by atoms with Gasteiger partial charge in [0.2, 0.25) is 11.8 Å². The maximum Gasteiger partial charge on any atom is 0.240 e. The Balaban J connectivity index is 1.57. The van der Waals surface area contributed by atoms with Crippen molar-refractivity contribution in [3.8, 4) is 16.9 Å². The number of hydrogen-bond acceptors (Lipinski definition) is 5. The summed E-state index contributed by atoms with van der Waals surface area (Å²) in [5.74, 6) is 0.137.